The van der Waals surface area contributed by atoms with Crippen molar-refractivity contribution < 1.29 is 8.42 Å². The molecule has 0 unspecified atom stereocenters. The van der Waals surface area contributed by atoms with Crippen molar-refractivity contribution in [3.8, 4) is 0 Å². The van der Waals surface area contributed by atoms with Gasteiger partial charge in [-0.05, 0) is 31.7 Å². The SMILES string of the molecule is CC(C)CN(CCCN)S(=O)(=O)C1CCCCC1. The van der Waals surface area contributed by atoms with Gasteiger partial charge >= 0.3 is 0 Å². The minimum Gasteiger partial charge on any atom is -0.330 e. The van der Waals surface area contributed by atoms with Crippen molar-refractivity contribution in [1.82, 2.24) is 4.31 Å². The third-order valence-electron chi connectivity index (χ3n) is 3.51. The van der Waals surface area contributed by atoms with Crippen molar-refractivity contribution >= 4 is 10.0 Å². The maximum Gasteiger partial charge on any atom is 0.216 e. The predicted molar refractivity (Wildman–Crippen MR) is 75.9 cm³/mol. The van der Waals surface area contributed by atoms with Crippen LogP contribution in [0.4, 0.5) is 0 Å². The molecule has 0 aliphatic heterocycles. The number of nitrogens with zero attached hydrogens (tertiary/aromatic N) is 1. The first-order chi connectivity index (χ1) is 8.48. The Morgan fingerprint density at radius 2 is 1.83 bits per heavy atom. The Bertz CT molecular complexity index is 322. The van der Waals surface area contributed by atoms with Crippen molar-refractivity contribution in [1.29, 1.82) is 0 Å². The summed E-state index contributed by atoms with van der Waals surface area (Å²) in [6.45, 7) is 5.87. The summed E-state index contributed by atoms with van der Waals surface area (Å²) >= 11 is 0. The molecule has 0 spiro atoms. The second-order valence-corrected chi connectivity index (χ2v) is 7.91. The van der Waals surface area contributed by atoms with Crippen molar-refractivity contribution in [3.63, 3.8) is 0 Å². The van der Waals surface area contributed by atoms with Gasteiger partial charge in [-0.1, -0.05) is 33.1 Å². The first-order valence-electron chi connectivity index (χ1n) is 7.17. The van der Waals surface area contributed by atoms with Gasteiger partial charge in [-0.3, -0.25) is 0 Å². The molecule has 18 heavy (non-hydrogen) atoms. The molecule has 1 saturated carbocycles. The van der Waals surface area contributed by atoms with Crippen LogP contribution in [0.15, 0.2) is 0 Å². The molecule has 108 valence electrons. The Balaban J connectivity index is 2.73. The predicted octanol–water partition coefficient (Wildman–Crippen LogP) is 1.96. The van der Waals surface area contributed by atoms with Crippen LogP contribution in [0.5, 0.6) is 0 Å². The van der Waals surface area contributed by atoms with Gasteiger partial charge in [-0.15, -0.1) is 0 Å². The maximum absolute atomic E-state index is 12.6. The maximum atomic E-state index is 12.6. The Hall–Kier alpha value is -0.130. The lowest BCUT2D eigenvalue weighted by molar-refractivity contribution is 0.350. The number of hydrogen-bond acceptors (Lipinski definition) is 3. The van der Waals surface area contributed by atoms with Crippen LogP contribution in [0, 0.1) is 5.92 Å². The molecule has 4 nitrogen and oxygen atoms in total. The smallest absolute Gasteiger partial charge is 0.216 e. The van der Waals surface area contributed by atoms with E-state index < -0.39 is 10.0 Å². The molecule has 0 atom stereocenters. The average molecular weight is 276 g/mol. The van der Waals surface area contributed by atoms with E-state index in [0.717, 1.165) is 32.1 Å². The van der Waals surface area contributed by atoms with Crippen LogP contribution in [-0.2, 0) is 10.0 Å². The topological polar surface area (TPSA) is 63.4 Å². The second kappa shape index (κ2) is 7.46. The fourth-order valence-electron chi connectivity index (χ4n) is 2.57. The molecular weight excluding hydrogens is 248 g/mol. The molecule has 1 rings (SSSR count). The summed E-state index contributed by atoms with van der Waals surface area (Å²) in [6.07, 6.45) is 5.70. The van der Waals surface area contributed by atoms with Crippen molar-refractivity contribution in [2.45, 2.75) is 57.6 Å². The summed E-state index contributed by atoms with van der Waals surface area (Å²) in [6, 6.07) is 0. The molecule has 0 amide bonds. The van der Waals surface area contributed by atoms with Crippen LogP contribution >= 0.6 is 0 Å². The van der Waals surface area contributed by atoms with Crippen molar-refractivity contribution in [3.05, 3.63) is 0 Å². The molecule has 0 radical (unpaired) electrons. The van der Waals surface area contributed by atoms with Crippen molar-refractivity contribution in [2.24, 2.45) is 11.7 Å². The van der Waals surface area contributed by atoms with Crippen LogP contribution < -0.4 is 5.73 Å². The van der Waals surface area contributed by atoms with Crippen LogP contribution in [0.2, 0.25) is 0 Å². The van der Waals surface area contributed by atoms with Gasteiger partial charge in [-0.25, -0.2) is 12.7 Å². The summed E-state index contributed by atoms with van der Waals surface area (Å²) in [5, 5.41) is -0.150. The molecule has 5 heteroatoms. The van der Waals surface area contributed by atoms with E-state index in [9.17, 15) is 8.42 Å². The highest BCUT2D eigenvalue weighted by Crippen LogP contribution is 2.26. The lowest BCUT2D eigenvalue weighted by Gasteiger charge is -2.30. The zero-order valence-corrected chi connectivity index (χ0v) is 12.6. The number of sulfonamides is 1. The van der Waals surface area contributed by atoms with Crippen LogP contribution in [0.25, 0.3) is 0 Å². The normalized spacial score (nSPS) is 18.7. The van der Waals surface area contributed by atoms with Crippen molar-refractivity contribution in [2.75, 3.05) is 19.6 Å². The van der Waals surface area contributed by atoms with Gasteiger partial charge < -0.3 is 5.73 Å². The summed E-state index contributed by atoms with van der Waals surface area (Å²) in [5.41, 5.74) is 5.51. The van der Waals surface area contributed by atoms with Gasteiger partial charge in [0.15, 0.2) is 0 Å². The molecule has 1 aliphatic carbocycles. The van der Waals surface area contributed by atoms with Gasteiger partial charge in [0, 0.05) is 13.1 Å². The molecule has 0 aromatic carbocycles. The molecule has 2 N–H and O–H groups in total. The lowest BCUT2D eigenvalue weighted by Crippen LogP contribution is -2.42. The number of rotatable bonds is 7. The molecule has 1 fully saturated rings. The zero-order chi connectivity index (χ0) is 13.6. The van der Waals surface area contributed by atoms with Crippen LogP contribution in [0.3, 0.4) is 0 Å². The third-order valence-corrected chi connectivity index (χ3v) is 5.88. The van der Waals surface area contributed by atoms with E-state index in [0.29, 0.717) is 25.6 Å². The van der Waals surface area contributed by atoms with E-state index >= 15 is 0 Å². The zero-order valence-electron chi connectivity index (χ0n) is 11.8. The van der Waals surface area contributed by atoms with E-state index in [4.69, 9.17) is 5.73 Å². The monoisotopic (exact) mass is 276 g/mol. The summed E-state index contributed by atoms with van der Waals surface area (Å²) in [4.78, 5) is 0. The number of nitrogens with two attached hydrogens (primary N) is 1. The Kier molecular flexibility index (Phi) is 6.60. The highest BCUT2D eigenvalue weighted by atomic mass is 32.2. The van der Waals surface area contributed by atoms with E-state index in [1.165, 1.54) is 6.42 Å². The Labute approximate surface area is 112 Å². The Morgan fingerprint density at radius 3 is 2.33 bits per heavy atom. The molecule has 0 aromatic heterocycles. The first-order valence-corrected chi connectivity index (χ1v) is 8.67. The first kappa shape index (κ1) is 15.9. The minimum absolute atomic E-state index is 0.150. The fourth-order valence-corrected chi connectivity index (χ4v) is 4.81. The second-order valence-electron chi connectivity index (χ2n) is 5.70. The largest absolute Gasteiger partial charge is 0.330 e. The average Bonchev–Trinajstić information content (AvgIpc) is 2.35. The van der Waals surface area contributed by atoms with Gasteiger partial charge in [0.25, 0.3) is 0 Å². The fraction of sp³-hybridized carbons (Fsp3) is 1.00. The van der Waals surface area contributed by atoms with E-state index in [1.54, 1.807) is 4.31 Å². The molecule has 0 heterocycles. The quantitative estimate of drug-likeness (QED) is 0.773. The summed E-state index contributed by atoms with van der Waals surface area (Å²) < 4.78 is 26.9. The Morgan fingerprint density at radius 1 is 1.22 bits per heavy atom. The summed E-state index contributed by atoms with van der Waals surface area (Å²) in [7, 11) is -3.11. The van der Waals surface area contributed by atoms with E-state index in [-0.39, 0.29) is 5.25 Å². The van der Waals surface area contributed by atoms with Gasteiger partial charge in [-0.2, -0.15) is 0 Å². The molecule has 0 saturated heterocycles. The van der Waals surface area contributed by atoms with E-state index in [2.05, 4.69) is 13.8 Å². The summed E-state index contributed by atoms with van der Waals surface area (Å²) in [5.74, 6) is 0.362. The molecule has 0 bridgehead atoms. The van der Waals surface area contributed by atoms with E-state index in [1.807, 2.05) is 0 Å². The third kappa shape index (κ3) is 4.52. The van der Waals surface area contributed by atoms with Gasteiger partial charge in [0.05, 0.1) is 5.25 Å². The highest BCUT2D eigenvalue weighted by Gasteiger charge is 2.32. The number of hydrogen-bond donors (Lipinski definition) is 1. The standard InChI is InChI=1S/C13H28N2O2S/c1-12(2)11-15(10-6-9-14)18(16,17)13-7-4-3-5-8-13/h12-13H,3-11,14H2,1-2H3. The van der Waals surface area contributed by atoms with Gasteiger partial charge in [0.2, 0.25) is 10.0 Å². The lowest BCUT2D eigenvalue weighted by atomic mass is 10.0. The van der Waals surface area contributed by atoms with Crippen LogP contribution in [0.1, 0.15) is 52.4 Å². The molecular formula is C13H28N2O2S. The van der Waals surface area contributed by atoms with Crippen LogP contribution in [-0.4, -0.2) is 37.6 Å². The molecule has 1 aliphatic rings. The highest BCUT2D eigenvalue weighted by molar-refractivity contribution is 7.89. The van der Waals surface area contributed by atoms with Gasteiger partial charge in [0.1, 0.15) is 0 Å². The minimum atomic E-state index is -3.11. The molecule has 0 aromatic rings.